The lowest BCUT2D eigenvalue weighted by Gasteiger charge is -2.24. The Morgan fingerprint density at radius 1 is 1.30 bits per heavy atom. The van der Waals surface area contributed by atoms with Gasteiger partial charge in [-0.3, -0.25) is 5.32 Å². The molecular formula is C15H21BrFNO2. The van der Waals surface area contributed by atoms with Crippen molar-refractivity contribution in [2.45, 2.75) is 45.6 Å². The summed E-state index contributed by atoms with van der Waals surface area (Å²) in [5, 5.41) is 3.24. The number of halogens is 2. The van der Waals surface area contributed by atoms with E-state index in [0.717, 1.165) is 0 Å². The fourth-order valence-electron chi connectivity index (χ4n) is 1.62. The van der Waals surface area contributed by atoms with E-state index in [1.54, 1.807) is 26.8 Å². The van der Waals surface area contributed by atoms with Crippen LogP contribution in [0.2, 0.25) is 0 Å². The highest BCUT2D eigenvalue weighted by Gasteiger charge is 2.24. The molecule has 5 heteroatoms. The van der Waals surface area contributed by atoms with E-state index in [9.17, 15) is 9.18 Å². The third-order valence-electron chi connectivity index (χ3n) is 2.67. The Morgan fingerprint density at radius 3 is 2.40 bits per heavy atom. The van der Waals surface area contributed by atoms with Crippen LogP contribution in [0.25, 0.3) is 0 Å². The summed E-state index contributed by atoms with van der Waals surface area (Å²) in [7, 11) is 0. The number of anilines is 1. The second kappa shape index (κ2) is 6.12. The maximum atomic E-state index is 13.9. The number of rotatable bonds is 3. The Kier molecular flexibility index (Phi) is 5.19. The van der Waals surface area contributed by atoms with Gasteiger partial charge in [0.25, 0.3) is 0 Å². The third-order valence-corrected chi connectivity index (χ3v) is 4.08. The predicted molar refractivity (Wildman–Crippen MR) is 83.1 cm³/mol. The van der Waals surface area contributed by atoms with Crippen molar-refractivity contribution in [3.8, 4) is 0 Å². The van der Waals surface area contributed by atoms with E-state index in [0.29, 0.717) is 16.6 Å². The fourth-order valence-corrected chi connectivity index (χ4v) is 1.92. The lowest BCUT2D eigenvalue weighted by Crippen LogP contribution is -2.27. The summed E-state index contributed by atoms with van der Waals surface area (Å²) in [6.07, 6.45) is -0.549. The minimum Gasteiger partial charge on any atom is -0.444 e. The SMILES string of the molecule is CC(C)(C)OC(=O)Nc1ccc(F)c(C(C)(C)CBr)c1. The minimum absolute atomic E-state index is 0.288. The fraction of sp³-hybridized carbons (Fsp3) is 0.533. The number of alkyl halides is 1. The molecule has 0 spiro atoms. The van der Waals surface area contributed by atoms with Crippen LogP contribution in [0.5, 0.6) is 0 Å². The van der Waals surface area contributed by atoms with Crippen LogP contribution in [0.3, 0.4) is 0 Å². The van der Waals surface area contributed by atoms with Crippen LogP contribution in [0.1, 0.15) is 40.2 Å². The van der Waals surface area contributed by atoms with E-state index < -0.39 is 11.7 Å². The monoisotopic (exact) mass is 345 g/mol. The number of hydrogen-bond donors (Lipinski definition) is 1. The van der Waals surface area contributed by atoms with Gasteiger partial charge < -0.3 is 4.74 Å². The summed E-state index contributed by atoms with van der Waals surface area (Å²) in [5.74, 6) is -0.288. The van der Waals surface area contributed by atoms with Crippen LogP contribution >= 0.6 is 15.9 Å². The number of ether oxygens (including phenoxy) is 1. The molecule has 0 heterocycles. The van der Waals surface area contributed by atoms with Crippen molar-refractivity contribution in [3.63, 3.8) is 0 Å². The maximum absolute atomic E-state index is 13.9. The summed E-state index contributed by atoms with van der Waals surface area (Å²) >= 11 is 3.38. The van der Waals surface area contributed by atoms with Crippen LogP contribution in [0, 0.1) is 5.82 Å². The first-order chi connectivity index (χ1) is 9.05. The molecule has 20 heavy (non-hydrogen) atoms. The predicted octanol–water partition coefficient (Wildman–Crippen LogP) is 4.85. The molecule has 0 aliphatic rings. The van der Waals surface area contributed by atoms with Gasteiger partial charge in [-0.1, -0.05) is 29.8 Å². The quantitative estimate of drug-likeness (QED) is 0.795. The smallest absolute Gasteiger partial charge is 0.412 e. The average Bonchev–Trinajstić information content (AvgIpc) is 2.29. The zero-order valence-electron chi connectivity index (χ0n) is 12.5. The standard InChI is InChI=1S/C15H21BrFNO2/c1-14(2,3)20-13(19)18-10-6-7-12(17)11(8-10)15(4,5)9-16/h6-8H,9H2,1-5H3,(H,18,19). The topological polar surface area (TPSA) is 38.3 Å². The second-order valence-electron chi connectivity index (χ2n) is 6.34. The molecule has 0 bridgehead atoms. The summed E-state index contributed by atoms with van der Waals surface area (Å²) in [5.41, 5.74) is 0.130. The highest BCUT2D eigenvalue weighted by molar-refractivity contribution is 9.09. The first kappa shape index (κ1) is 17.0. The van der Waals surface area contributed by atoms with E-state index >= 15 is 0 Å². The Balaban J connectivity index is 2.94. The molecule has 0 saturated heterocycles. The molecule has 1 rings (SSSR count). The highest BCUT2D eigenvalue weighted by atomic mass is 79.9. The van der Waals surface area contributed by atoms with E-state index in [1.807, 2.05) is 13.8 Å². The van der Waals surface area contributed by atoms with E-state index in [1.165, 1.54) is 12.1 Å². The molecular weight excluding hydrogens is 325 g/mol. The maximum Gasteiger partial charge on any atom is 0.412 e. The Labute approximate surface area is 128 Å². The number of benzene rings is 1. The van der Waals surface area contributed by atoms with Gasteiger partial charge in [0, 0.05) is 16.4 Å². The van der Waals surface area contributed by atoms with Crippen LogP contribution < -0.4 is 5.32 Å². The average molecular weight is 346 g/mol. The Morgan fingerprint density at radius 2 is 1.90 bits per heavy atom. The van der Waals surface area contributed by atoms with Crippen LogP contribution in [-0.2, 0) is 10.2 Å². The zero-order chi connectivity index (χ0) is 15.6. The molecule has 0 aliphatic carbocycles. The summed E-state index contributed by atoms with van der Waals surface area (Å²) in [4.78, 5) is 11.7. The van der Waals surface area contributed by atoms with Gasteiger partial charge in [-0.15, -0.1) is 0 Å². The normalized spacial score (nSPS) is 12.2. The van der Waals surface area contributed by atoms with Gasteiger partial charge in [-0.05, 0) is 44.5 Å². The molecule has 1 N–H and O–H groups in total. The zero-order valence-corrected chi connectivity index (χ0v) is 14.1. The highest BCUT2D eigenvalue weighted by Crippen LogP contribution is 2.30. The number of amides is 1. The van der Waals surface area contributed by atoms with Gasteiger partial charge in [0.15, 0.2) is 0 Å². The lowest BCUT2D eigenvalue weighted by atomic mass is 9.86. The Bertz CT molecular complexity index is 495. The van der Waals surface area contributed by atoms with Crippen molar-refractivity contribution in [1.29, 1.82) is 0 Å². The van der Waals surface area contributed by atoms with Gasteiger partial charge in [-0.2, -0.15) is 0 Å². The second-order valence-corrected chi connectivity index (χ2v) is 6.90. The number of hydrogen-bond acceptors (Lipinski definition) is 2. The number of carbonyl (C=O) groups excluding carboxylic acids is 1. The van der Waals surface area contributed by atoms with Gasteiger partial charge in [0.05, 0.1) is 0 Å². The van der Waals surface area contributed by atoms with Crippen LogP contribution in [0.4, 0.5) is 14.9 Å². The third kappa shape index (κ3) is 4.78. The summed E-state index contributed by atoms with van der Waals surface area (Å²) in [6, 6.07) is 4.51. The molecule has 112 valence electrons. The lowest BCUT2D eigenvalue weighted by molar-refractivity contribution is 0.0636. The number of nitrogens with one attached hydrogen (secondary N) is 1. The Hall–Kier alpha value is -1.10. The summed E-state index contributed by atoms with van der Waals surface area (Å²) in [6.45, 7) is 9.22. The molecule has 0 atom stereocenters. The molecule has 1 aromatic rings. The van der Waals surface area contributed by atoms with Crippen molar-refractivity contribution < 1.29 is 13.9 Å². The largest absolute Gasteiger partial charge is 0.444 e. The molecule has 0 fully saturated rings. The van der Waals surface area contributed by atoms with Crippen LogP contribution in [-0.4, -0.2) is 17.0 Å². The first-order valence-corrected chi connectivity index (χ1v) is 7.53. The molecule has 0 saturated carbocycles. The van der Waals surface area contributed by atoms with Gasteiger partial charge >= 0.3 is 6.09 Å². The molecule has 1 aromatic carbocycles. The van der Waals surface area contributed by atoms with E-state index in [-0.39, 0.29) is 11.2 Å². The first-order valence-electron chi connectivity index (χ1n) is 6.41. The van der Waals surface area contributed by atoms with Gasteiger partial charge in [0.2, 0.25) is 0 Å². The van der Waals surface area contributed by atoms with Crippen molar-refractivity contribution in [3.05, 3.63) is 29.6 Å². The van der Waals surface area contributed by atoms with E-state index in [2.05, 4.69) is 21.2 Å². The van der Waals surface area contributed by atoms with E-state index in [4.69, 9.17) is 4.74 Å². The molecule has 0 unspecified atom stereocenters. The molecule has 3 nitrogen and oxygen atoms in total. The van der Waals surface area contributed by atoms with Crippen molar-refractivity contribution in [2.75, 3.05) is 10.6 Å². The van der Waals surface area contributed by atoms with Crippen molar-refractivity contribution in [1.82, 2.24) is 0 Å². The number of carbonyl (C=O) groups is 1. The van der Waals surface area contributed by atoms with Gasteiger partial charge in [-0.25, -0.2) is 9.18 Å². The molecule has 0 radical (unpaired) electrons. The van der Waals surface area contributed by atoms with Crippen molar-refractivity contribution >= 4 is 27.7 Å². The summed E-state index contributed by atoms with van der Waals surface area (Å²) < 4.78 is 19.1. The van der Waals surface area contributed by atoms with Crippen LogP contribution in [0.15, 0.2) is 18.2 Å². The van der Waals surface area contributed by atoms with Crippen molar-refractivity contribution in [2.24, 2.45) is 0 Å². The minimum atomic E-state index is -0.567. The molecule has 1 amide bonds. The van der Waals surface area contributed by atoms with Gasteiger partial charge in [0.1, 0.15) is 11.4 Å². The molecule has 0 aromatic heterocycles. The molecule has 0 aliphatic heterocycles.